The summed E-state index contributed by atoms with van der Waals surface area (Å²) in [6.45, 7) is 1.87. The number of hydrogen-bond donors (Lipinski definition) is 2. The zero-order valence-electron chi connectivity index (χ0n) is 11.7. The molecule has 4 heteroatoms. The first kappa shape index (κ1) is 14.1. The Labute approximate surface area is 114 Å². The van der Waals surface area contributed by atoms with E-state index in [1.807, 2.05) is 7.05 Å². The Hall–Kier alpha value is -1.36. The zero-order chi connectivity index (χ0) is 13.8. The normalized spacial score (nSPS) is 13.3. The minimum atomic E-state index is -0.433. The summed E-state index contributed by atoms with van der Waals surface area (Å²) in [7, 11) is 4.09. The molecule has 0 saturated heterocycles. The van der Waals surface area contributed by atoms with Crippen LogP contribution in [0.5, 0.6) is 0 Å². The number of aliphatic hydroxyl groups is 1. The third-order valence-corrected chi connectivity index (χ3v) is 3.54. The lowest BCUT2D eigenvalue weighted by Crippen LogP contribution is -2.35. The molecule has 2 aromatic rings. The van der Waals surface area contributed by atoms with Crippen molar-refractivity contribution in [2.45, 2.75) is 12.5 Å². The topological polar surface area (TPSA) is 54.4 Å². The summed E-state index contributed by atoms with van der Waals surface area (Å²) in [6.07, 6.45) is 2.74. The molecular formula is C15H23N3O. The van der Waals surface area contributed by atoms with Gasteiger partial charge in [0.2, 0.25) is 0 Å². The van der Waals surface area contributed by atoms with Crippen molar-refractivity contribution in [1.29, 1.82) is 0 Å². The monoisotopic (exact) mass is 261 g/mol. The summed E-state index contributed by atoms with van der Waals surface area (Å²) in [6, 6.07) is 8.45. The maximum atomic E-state index is 9.53. The quantitative estimate of drug-likeness (QED) is 0.815. The Balaban J connectivity index is 2.02. The van der Waals surface area contributed by atoms with Gasteiger partial charge in [-0.1, -0.05) is 18.2 Å². The Bertz CT molecular complexity index is 535. The van der Waals surface area contributed by atoms with Crippen molar-refractivity contribution in [2.75, 3.05) is 26.7 Å². The number of rotatable bonds is 6. The maximum absolute atomic E-state index is 9.53. The summed E-state index contributed by atoms with van der Waals surface area (Å²) >= 11 is 0. The fraction of sp³-hybridized carbons (Fsp3) is 0.467. The molecule has 1 aromatic heterocycles. The van der Waals surface area contributed by atoms with Crippen LogP contribution in [0.3, 0.4) is 0 Å². The van der Waals surface area contributed by atoms with Gasteiger partial charge in [0.05, 0.1) is 6.10 Å². The van der Waals surface area contributed by atoms with Crippen LogP contribution in [0.2, 0.25) is 0 Å². The molecular weight excluding hydrogens is 238 g/mol. The van der Waals surface area contributed by atoms with E-state index in [-0.39, 0.29) is 0 Å². The van der Waals surface area contributed by atoms with Gasteiger partial charge in [0.1, 0.15) is 0 Å². The van der Waals surface area contributed by atoms with Gasteiger partial charge in [-0.3, -0.25) is 0 Å². The predicted octanol–water partition coefficient (Wildman–Crippen LogP) is 0.972. The summed E-state index contributed by atoms with van der Waals surface area (Å²) < 4.78 is 2.17. The molecule has 104 valence electrons. The minimum absolute atomic E-state index is 0.318. The Morgan fingerprint density at radius 3 is 2.84 bits per heavy atom. The number of benzene rings is 1. The molecule has 0 aliphatic rings. The summed E-state index contributed by atoms with van der Waals surface area (Å²) in [4.78, 5) is 2.12. The molecule has 0 aliphatic carbocycles. The number of nitrogens with two attached hydrogens (primary N) is 1. The second-order valence-corrected chi connectivity index (χ2v) is 5.18. The number of fused-ring (bicyclic) bond motifs is 1. The molecule has 1 heterocycles. The molecule has 1 atom stereocenters. The van der Waals surface area contributed by atoms with Crippen molar-refractivity contribution in [1.82, 2.24) is 9.47 Å². The third kappa shape index (κ3) is 3.35. The first-order valence-corrected chi connectivity index (χ1v) is 6.71. The van der Waals surface area contributed by atoms with Crippen molar-refractivity contribution >= 4 is 10.9 Å². The highest BCUT2D eigenvalue weighted by molar-refractivity contribution is 5.83. The van der Waals surface area contributed by atoms with Gasteiger partial charge in [-0.05, 0) is 25.1 Å². The van der Waals surface area contributed by atoms with E-state index in [0.717, 1.165) is 13.0 Å². The van der Waals surface area contributed by atoms with Gasteiger partial charge in [0.15, 0.2) is 0 Å². The van der Waals surface area contributed by atoms with Gasteiger partial charge < -0.3 is 20.3 Å². The fourth-order valence-electron chi connectivity index (χ4n) is 2.46. The van der Waals surface area contributed by atoms with Crippen molar-refractivity contribution in [2.24, 2.45) is 12.8 Å². The number of nitrogens with zero attached hydrogens (tertiary/aromatic N) is 2. The lowest BCUT2D eigenvalue weighted by molar-refractivity contribution is 0.133. The molecule has 0 fully saturated rings. The average molecular weight is 261 g/mol. The van der Waals surface area contributed by atoms with E-state index in [2.05, 4.69) is 47.0 Å². The smallest absolute Gasteiger partial charge is 0.0788 e. The van der Waals surface area contributed by atoms with Crippen LogP contribution in [0.4, 0.5) is 0 Å². The number of aliphatic hydroxyl groups excluding tert-OH is 1. The lowest BCUT2D eigenvalue weighted by Gasteiger charge is -2.19. The van der Waals surface area contributed by atoms with Crippen LogP contribution >= 0.6 is 0 Å². The Morgan fingerprint density at radius 1 is 1.37 bits per heavy atom. The van der Waals surface area contributed by atoms with E-state index in [9.17, 15) is 5.11 Å². The zero-order valence-corrected chi connectivity index (χ0v) is 11.7. The van der Waals surface area contributed by atoms with Crippen LogP contribution in [0.1, 0.15) is 5.56 Å². The van der Waals surface area contributed by atoms with Crippen molar-refractivity contribution in [3.63, 3.8) is 0 Å². The van der Waals surface area contributed by atoms with E-state index in [1.165, 1.54) is 16.5 Å². The van der Waals surface area contributed by atoms with Crippen LogP contribution in [-0.2, 0) is 13.5 Å². The van der Waals surface area contributed by atoms with Crippen LogP contribution < -0.4 is 5.73 Å². The summed E-state index contributed by atoms with van der Waals surface area (Å²) in [5.41, 5.74) is 8.05. The molecule has 1 unspecified atom stereocenters. The number of aryl methyl sites for hydroxylation is 1. The van der Waals surface area contributed by atoms with E-state index in [4.69, 9.17) is 5.73 Å². The molecule has 2 rings (SSSR count). The average Bonchev–Trinajstić information content (AvgIpc) is 2.74. The Kier molecular flexibility index (Phi) is 4.58. The first-order chi connectivity index (χ1) is 9.11. The summed E-state index contributed by atoms with van der Waals surface area (Å²) in [5.74, 6) is 0. The second-order valence-electron chi connectivity index (χ2n) is 5.18. The largest absolute Gasteiger partial charge is 0.390 e. The molecule has 19 heavy (non-hydrogen) atoms. The van der Waals surface area contributed by atoms with Crippen molar-refractivity contribution in [3.8, 4) is 0 Å². The van der Waals surface area contributed by atoms with Gasteiger partial charge in [0.25, 0.3) is 0 Å². The Morgan fingerprint density at radius 2 is 2.11 bits per heavy atom. The summed E-state index contributed by atoms with van der Waals surface area (Å²) in [5, 5.41) is 10.8. The van der Waals surface area contributed by atoms with E-state index in [0.29, 0.717) is 13.1 Å². The molecule has 0 amide bonds. The van der Waals surface area contributed by atoms with E-state index < -0.39 is 6.10 Å². The van der Waals surface area contributed by atoms with E-state index >= 15 is 0 Å². The molecule has 3 N–H and O–H groups in total. The molecule has 0 radical (unpaired) electrons. The van der Waals surface area contributed by atoms with E-state index in [1.54, 1.807) is 0 Å². The van der Waals surface area contributed by atoms with Crippen molar-refractivity contribution < 1.29 is 5.11 Å². The standard InChI is InChI=1S/C15H23N3O/c1-17(11-13(19)9-16)8-7-12-10-18(2)15-6-4-3-5-14(12)15/h3-6,10,13,19H,7-9,11,16H2,1-2H3. The second kappa shape index (κ2) is 6.19. The van der Waals surface area contributed by atoms with Crippen LogP contribution in [-0.4, -0.2) is 47.4 Å². The first-order valence-electron chi connectivity index (χ1n) is 6.71. The highest BCUT2D eigenvalue weighted by Gasteiger charge is 2.09. The molecule has 0 spiro atoms. The highest BCUT2D eigenvalue weighted by atomic mass is 16.3. The lowest BCUT2D eigenvalue weighted by atomic mass is 10.1. The molecule has 0 bridgehead atoms. The van der Waals surface area contributed by atoms with Crippen LogP contribution in [0.25, 0.3) is 10.9 Å². The fourth-order valence-corrected chi connectivity index (χ4v) is 2.46. The number of likely N-dealkylation sites (N-methyl/N-ethyl adjacent to an activating group) is 1. The van der Waals surface area contributed by atoms with Gasteiger partial charge in [-0.15, -0.1) is 0 Å². The van der Waals surface area contributed by atoms with Crippen LogP contribution in [0.15, 0.2) is 30.5 Å². The van der Waals surface area contributed by atoms with Crippen LogP contribution in [0, 0.1) is 0 Å². The molecule has 0 saturated carbocycles. The minimum Gasteiger partial charge on any atom is -0.390 e. The van der Waals surface area contributed by atoms with Gasteiger partial charge in [0, 0.05) is 43.8 Å². The third-order valence-electron chi connectivity index (χ3n) is 3.54. The molecule has 1 aromatic carbocycles. The van der Waals surface area contributed by atoms with Crippen molar-refractivity contribution in [3.05, 3.63) is 36.0 Å². The molecule has 4 nitrogen and oxygen atoms in total. The van der Waals surface area contributed by atoms with Gasteiger partial charge >= 0.3 is 0 Å². The number of para-hydroxylation sites is 1. The van der Waals surface area contributed by atoms with Gasteiger partial charge in [-0.25, -0.2) is 0 Å². The number of aromatic nitrogens is 1. The SMILES string of the molecule is CN(CCc1cn(C)c2ccccc12)CC(O)CN. The molecule has 0 aliphatic heterocycles. The predicted molar refractivity (Wildman–Crippen MR) is 79.2 cm³/mol. The van der Waals surface area contributed by atoms with Gasteiger partial charge in [-0.2, -0.15) is 0 Å². The highest BCUT2D eigenvalue weighted by Crippen LogP contribution is 2.20. The maximum Gasteiger partial charge on any atom is 0.0788 e. The number of hydrogen-bond acceptors (Lipinski definition) is 3.